The van der Waals surface area contributed by atoms with Gasteiger partial charge < -0.3 is 14.8 Å². The summed E-state index contributed by atoms with van der Waals surface area (Å²) in [5, 5.41) is 3.91. The fraction of sp³-hybridized carbons (Fsp3) is 0.520. The molecule has 0 saturated carbocycles. The van der Waals surface area contributed by atoms with Gasteiger partial charge in [-0.3, -0.25) is 9.88 Å². The molecule has 1 unspecified atom stereocenters. The summed E-state index contributed by atoms with van der Waals surface area (Å²) >= 11 is 0. The Labute approximate surface area is 184 Å². The quantitative estimate of drug-likeness (QED) is 0.706. The molecule has 1 amide bonds. The lowest BCUT2D eigenvalue weighted by molar-refractivity contribution is -0.0506. The zero-order valence-electron chi connectivity index (χ0n) is 18.9. The highest BCUT2D eigenvalue weighted by atomic mass is 16.6. The van der Waals surface area contributed by atoms with Gasteiger partial charge in [-0.05, 0) is 76.3 Å². The third kappa shape index (κ3) is 4.54. The summed E-state index contributed by atoms with van der Waals surface area (Å²) in [5.74, 6) is 1.84. The number of hydrogen-bond donors (Lipinski definition) is 1. The smallest absolute Gasteiger partial charge is 0.408 e. The van der Waals surface area contributed by atoms with Crippen molar-refractivity contribution in [3.05, 3.63) is 48.7 Å². The monoisotopic (exact) mass is 423 g/mol. The first-order valence-electron chi connectivity index (χ1n) is 11.1. The second-order valence-electron chi connectivity index (χ2n) is 9.73. The molecule has 1 aromatic heterocycles. The zero-order valence-corrected chi connectivity index (χ0v) is 18.9. The van der Waals surface area contributed by atoms with Gasteiger partial charge in [0.25, 0.3) is 0 Å². The molecule has 2 aromatic rings. The molecule has 31 heavy (non-hydrogen) atoms. The number of ether oxygens (including phenoxy) is 2. The predicted octanol–water partition coefficient (Wildman–Crippen LogP) is 4.71. The number of pyridine rings is 1. The summed E-state index contributed by atoms with van der Waals surface area (Å²) in [6.45, 7) is 11.9. The molecule has 3 fully saturated rings. The number of rotatable bonds is 5. The number of alkyl carbamates (subject to hydrolysis) is 1. The van der Waals surface area contributed by atoms with Crippen molar-refractivity contribution >= 4 is 17.0 Å². The van der Waals surface area contributed by atoms with Crippen LogP contribution in [0.1, 0.15) is 45.3 Å². The van der Waals surface area contributed by atoms with E-state index >= 15 is 0 Å². The van der Waals surface area contributed by atoms with Gasteiger partial charge in [0.05, 0.1) is 18.7 Å². The maximum atomic E-state index is 12.9. The molecule has 5 rings (SSSR count). The van der Waals surface area contributed by atoms with Crippen LogP contribution in [0.3, 0.4) is 0 Å². The number of hydrogen-bond acceptors (Lipinski definition) is 5. The second kappa shape index (κ2) is 8.50. The number of benzene rings is 1. The number of methoxy groups -OCH3 is 1. The molecule has 2 bridgehead atoms. The minimum absolute atomic E-state index is 0.123. The third-order valence-electron chi connectivity index (χ3n) is 6.50. The molecule has 3 saturated heterocycles. The Balaban J connectivity index is 1.74. The SMILES string of the molecule is C=C[C@H]1CN2CC[C@H]1C[C@@H]2[C@@H](OC(=O)NC(C)(C)C)c1ccnc2ccc(OC)cc12. The van der Waals surface area contributed by atoms with E-state index in [1.807, 2.05) is 45.0 Å². The fourth-order valence-electron chi connectivity index (χ4n) is 5.01. The normalized spacial score (nSPS) is 26.3. The van der Waals surface area contributed by atoms with E-state index < -0.39 is 12.2 Å². The van der Waals surface area contributed by atoms with Gasteiger partial charge in [0.2, 0.25) is 0 Å². The van der Waals surface area contributed by atoms with E-state index in [-0.39, 0.29) is 11.6 Å². The van der Waals surface area contributed by atoms with E-state index in [0.717, 1.165) is 41.7 Å². The van der Waals surface area contributed by atoms with Crippen LogP contribution < -0.4 is 10.1 Å². The van der Waals surface area contributed by atoms with Gasteiger partial charge in [-0.25, -0.2) is 4.79 Å². The largest absolute Gasteiger partial charge is 0.497 e. The average Bonchev–Trinajstić information content (AvgIpc) is 2.75. The number of carbonyl (C=O) groups is 1. The van der Waals surface area contributed by atoms with Gasteiger partial charge in [0.1, 0.15) is 11.9 Å². The van der Waals surface area contributed by atoms with Crippen molar-refractivity contribution in [3.8, 4) is 5.75 Å². The molecule has 1 aromatic carbocycles. The number of carbonyl (C=O) groups excluding carboxylic acids is 1. The summed E-state index contributed by atoms with van der Waals surface area (Å²) in [6.07, 6.45) is 5.24. The molecular weight excluding hydrogens is 390 g/mol. The van der Waals surface area contributed by atoms with Crippen LogP contribution in [0.5, 0.6) is 5.75 Å². The number of amides is 1. The van der Waals surface area contributed by atoms with Crippen molar-refractivity contribution in [1.82, 2.24) is 15.2 Å². The van der Waals surface area contributed by atoms with Crippen LogP contribution in [0.4, 0.5) is 4.79 Å². The van der Waals surface area contributed by atoms with E-state index in [0.29, 0.717) is 11.8 Å². The van der Waals surface area contributed by atoms with Gasteiger partial charge in [-0.2, -0.15) is 0 Å². The molecule has 4 heterocycles. The number of aromatic nitrogens is 1. The van der Waals surface area contributed by atoms with E-state index in [4.69, 9.17) is 9.47 Å². The highest BCUT2D eigenvalue weighted by Crippen LogP contribution is 2.43. The Hall–Kier alpha value is -2.60. The Kier molecular flexibility index (Phi) is 5.93. The fourth-order valence-corrected chi connectivity index (χ4v) is 5.01. The maximum Gasteiger partial charge on any atom is 0.408 e. The molecule has 0 aliphatic carbocycles. The molecular formula is C25H33N3O3. The van der Waals surface area contributed by atoms with E-state index in [9.17, 15) is 4.79 Å². The van der Waals surface area contributed by atoms with E-state index in [2.05, 4.69) is 27.9 Å². The van der Waals surface area contributed by atoms with Crippen LogP contribution in [0.25, 0.3) is 10.9 Å². The molecule has 1 N–H and O–H groups in total. The van der Waals surface area contributed by atoms with Crippen LogP contribution in [-0.4, -0.2) is 47.8 Å². The standard InChI is InChI=1S/C25H33N3O3/c1-6-16-15-28-12-10-17(16)13-22(28)23(31-24(29)27-25(2,3)4)19-9-11-26-21-8-7-18(30-5)14-20(19)21/h6-9,11,14,16-17,22-23H,1,10,12-13,15H2,2-5H3,(H,27,29)/t16-,17-,22+,23-/m0/s1. The molecule has 3 aliphatic rings. The summed E-state index contributed by atoms with van der Waals surface area (Å²) in [5.41, 5.74) is 1.47. The Bertz CT molecular complexity index is 968. The Morgan fingerprint density at radius 1 is 1.35 bits per heavy atom. The van der Waals surface area contributed by atoms with Crippen LogP contribution in [-0.2, 0) is 4.74 Å². The molecule has 0 spiro atoms. The first kappa shape index (κ1) is 21.6. The van der Waals surface area contributed by atoms with Gasteiger partial charge >= 0.3 is 6.09 Å². The first-order valence-corrected chi connectivity index (χ1v) is 11.1. The summed E-state index contributed by atoms with van der Waals surface area (Å²) < 4.78 is 11.6. The van der Waals surface area contributed by atoms with Crippen LogP contribution in [0.15, 0.2) is 43.1 Å². The number of piperidine rings is 3. The van der Waals surface area contributed by atoms with Crippen LogP contribution in [0.2, 0.25) is 0 Å². The second-order valence-corrected chi connectivity index (χ2v) is 9.73. The van der Waals surface area contributed by atoms with Crippen molar-refractivity contribution in [2.45, 2.75) is 51.3 Å². The van der Waals surface area contributed by atoms with E-state index in [1.54, 1.807) is 13.3 Å². The topological polar surface area (TPSA) is 63.7 Å². The lowest BCUT2D eigenvalue weighted by Crippen LogP contribution is -2.56. The summed E-state index contributed by atoms with van der Waals surface area (Å²) in [4.78, 5) is 19.8. The summed E-state index contributed by atoms with van der Waals surface area (Å²) in [7, 11) is 1.66. The predicted molar refractivity (Wildman–Crippen MR) is 122 cm³/mol. The highest BCUT2D eigenvalue weighted by Gasteiger charge is 2.44. The number of fused-ring (bicyclic) bond motifs is 4. The van der Waals surface area contributed by atoms with E-state index in [1.165, 1.54) is 6.42 Å². The molecule has 6 heteroatoms. The van der Waals surface area contributed by atoms with Crippen molar-refractivity contribution in [2.24, 2.45) is 11.8 Å². The molecule has 3 aliphatic heterocycles. The van der Waals surface area contributed by atoms with Gasteiger partial charge in [-0.15, -0.1) is 6.58 Å². The van der Waals surface area contributed by atoms with Gasteiger partial charge in [-0.1, -0.05) is 6.08 Å². The number of nitrogens with zero attached hydrogens (tertiary/aromatic N) is 2. The lowest BCUT2D eigenvalue weighted by Gasteiger charge is -2.51. The Morgan fingerprint density at radius 2 is 2.16 bits per heavy atom. The first-order chi connectivity index (χ1) is 14.8. The van der Waals surface area contributed by atoms with Gasteiger partial charge in [0, 0.05) is 29.2 Å². The van der Waals surface area contributed by atoms with Crippen LogP contribution >= 0.6 is 0 Å². The molecule has 0 radical (unpaired) electrons. The average molecular weight is 424 g/mol. The van der Waals surface area contributed by atoms with Crippen molar-refractivity contribution in [3.63, 3.8) is 0 Å². The van der Waals surface area contributed by atoms with Crippen molar-refractivity contribution in [2.75, 3.05) is 20.2 Å². The highest BCUT2D eigenvalue weighted by molar-refractivity contribution is 5.84. The summed E-state index contributed by atoms with van der Waals surface area (Å²) in [6, 6.07) is 7.94. The maximum absolute atomic E-state index is 12.9. The molecule has 5 atom stereocenters. The number of nitrogens with one attached hydrogen (secondary N) is 1. The molecule has 166 valence electrons. The van der Waals surface area contributed by atoms with Crippen molar-refractivity contribution in [1.29, 1.82) is 0 Å². The Morgan fingerprint density at radius 3 is 2.81 bits per heavy atom. The van der Waals surface area contributed by atoms with Crippen LogP contribution in [0, 0.1) is 11.8 Å². The zero-order chi connectivity index (χ0) is 22.2. The molecule has 6 nitrogen and oxygen atoms in total. The third-order valence-corrected chi connectivity index (χ3v) is 6.50. The minimum atomic E-state index is -0.395. The minimum Gasteiger partial charge on any atom is -0.497 e. The lowest BCUT2D eigenvalue weighted by atomic mass is 9.73. The van der Waals surface area contributed by atoms with Gasteiger partial charge in [0.15, 0.2) is 0 Å². The van der Waals surface area contributed by atoms with Crippen molar-refractivity contribution < 1.29 is 14.3 Å².